The predicted molar refractivity (Wildman–Crippen MR) is 58.4 cm³/mol. The van der Waals surface area contributed by atoms with Crippen LogP contribution in [0.1, 0.15) is 5.56 Å². The molecule has 1 aromatic carbocycles. The third kappa shape index (κ3) is 3.68. The van der Waals surface area contributed by atoms with Crippen molar-refractivity contribution >= 4 is 31.9 Å². The van der Waals surface area contributed by atoms with Gasteiger partial charge in [-0.3, -0.25) is 0 Å². The van der Waals surface area contributed by atoms with Gasteiger partial charge in [-0.15, -0.1) is 0 Å². The Morgan fingerprint density at radius 1 is 1.27 bits per heavy atom. The second kappa shape index (κ2) is 5.21. The molecule has 0 aliphatic heterocycles. The van der Waals surface area contributed by atoms with Gasteiger partial charge in [0.2, 0.25) is 0 Å². The number of alkyl halides is 4. The Morgan fingerprint density at radius 2 is 1.93 bits per heavy atom. The molecule has 1 rings (SSSR count). The first-order valence-electron chi connectivity index (χ1n) is 4.00. The molecule has 0 atom stereocenters. The van der Waals surface area contributed by atoms with Gasteiger partial charge in [-0.1, -0.05) is 15.9 Å². The second-order valence-corrected chi connectivity index (χ2v) is 4.33. The molecule has 0 aromatic heterocycles. The van der Waals surface area contributed by atoms with E-state index >= 15 is 0 Å². The van der Waals surface area contributed by atoms with Gasteiger partial charge >= 0.3 is 6.18 Å². The summed E-state index contributed by atoms with van der Waals surface area (Å²) in [6.45, 7) is 0.407. The summed E-state index contributed by atoms with van der Waals surface area (Å²) in [5, 5.41) is 0.625. The molecular weight excluding hydrogens is 341 g/mol. The monoisotopic (exact) mass is 346 g/mol. The zero-order chi connectivity index (χ0) is 11.5. The van der Waals surface area contributed by atoms with Crippen molar-refractivity contribution in [2.75, 3.05) is 11.9 Å². The lowest BCUT2D eigenvalue weighted by molar-refractivity contribution is -0.137. The zero-order valence-corrected chi connectivity index (χ0v) is 10.6. The zero-order valence-electron chi connectivity index (χ0n) is 7.44. The van der Waals surface area contributed by atoms with Crippen LogP contribution in [0.25, 0.3) is 0 Å². The van der Waals surface area contributed by atoms with Crippen LogP contribution in [0.4, 0.5) is 13.2 Å². The Balaban J connectivity index is 2.88. The summed E-state index contributed by atoms with van der Waals surface area (Å²) in [7, 11) is 0. The van der Waals surface area contributed by atoms with Crippen molar-refractivity contribution in [2.45, 2.75) is 6.18 Å². The Bertz CT molecular complexity index is 339. The van der Waals surface area contributed by atoms with Crippen LogP contribution >= 0.6 is 31.9 Å². The van der Waals surface area contributed by atoms with Crippen LogP contribution < -0.4 is 4.74 Å². The summed E-state index contributed by atoms with van der Waals surface area (Å²) in [6, 6.07) is 3.30. The molecule has 0 saturated carbocycles. The summed E-state index contributed by atoms with van der Waals surface area (Å²) < 4.78 is 42.3. The molecule has 84 valence electrons. The van der Waals surface area contributed by atoms with Gasteiger partial charge in [0.1, 0.15) is 5.75 Å². The summed E-state index contributed by atoms with van der Waals surface area (Å²) in [6.07, 6.45) is -4.32. The van der Waals surface area contributed by atoms with Gasteiger partial charge in [-0.2, -0.15) is 13.2 Å². The van der Waals surface area contributed by atoms with Gasteiger partial charge < -0.3 is 4.74 Å². The Kier molecular flexibility index (Phi) is 4.45. The highest BCUT2D eigenvalue weighted by atomic mass is 79.9. The van der Waals surface area contributed by atoms with Crippen LogP contribution in [0.5, 0.6) is 5.75 Å². The minimum absolute atomic E-state index is 0.304. The fraction of sp³-hybridized carbons (Fsp3) is 0.333. The van der Waals surface area contributed by atoms with Gasteiger partial charge in [-0.25, -0.2) is 0 Å². The van der Waals surface area contributed by atoms with Crippen molar-refractivity contribution in [1.82, 2.24) is 0 Å². The van der Waals surface area contributed by atoms with E-state index in [1.807, 2.05) is 0 Å². The fourth-order valence-corrected chi connectivity index (χ4v) is 1.60. The number of ether oxygens (including phenoxy) is 1. The van der Waals surface area contributed by atoms with Crippen LogP contribution in [0.2, 0.25) is 0 Å². The van der Waals surface area contributed by atoms with Crippen LogP contribution in [0.15, 0.2) is 22.7 Å². The number of hydrogen-bond acceptors (Lipinski definition) is 1. The van der Waals surface area contributed by atoms with Crippen LogP contribution in [-0.2, 0) is 6.18 Å². The third-order valence-electron chi connectivity index (χ3n) is 1.59. The van der Waals surface area contributed by atoms with Gasteiger partial charge in [0, 0.05) is 5.33 Å². The van der Waals surface area contributed by atoms with Gasteiger partial charge in [0.05, 0.1) is 16.6 Å². The van der Waals surface area contributed by atoms with E-state index < -0.39 is 11.7 Å². The van der Waals surface area contributed by atoms with Gasteiger partial charge in [0.25, 0.3) is 0 Å². The topological polar surface area (TPSA) is 9.23 Å². The maximum absolute atomic E-state index is 12.3. The van der Waals surface area contributed by atoms with E-state index in [0.29, 0.717) is 22.2 Å². The van der Waals surface area contributed by atoms with Crippen LogP contribution in [0.3, 0.4) is 0 Å². The summed E-state index contributed by atoms with van der Waals surface area (Å²) >= 11 is 6.19. The highest BCUT2D eigenvalue weighted by Crippen LogP contribution is 2.34. The lowest BCUT2D eigenvalue weighted by Gasteiger charge is -2.10. The molecule has 0 radical (unpaired) electrons. The first kappa shape index (κ1) is 12.8. The fourth-order valence-electron chi connectivity index (χ4n) is 0.943. The SMILES string of the molecule is FC(F)(F)c1ccc(OCCBr)c(Br)c1. The number of benzene rings is 1. The van der Waals surface area contributed by atoms with Crippen LogP contribution in [0, 0.1) is 0 Å². The predicted octanol–water partition coefficient (Wildman–Crippen LogP) is 4.24. The van der Waals surface area contributed by atoms with Gasteiger partial charge in [0.15, 0.2) is 0 Å². The number of hydrogen-bond donors (Lipinski definition) is 0. The van der Waals surface area contributed by atoms with Crippen molar-refractivity contribution in [3.8, 4) is 5.75 Å². The molecular formula is C9H7Br2F3O. The molecule has 0 unspecified atom stereocenters. The quantitative estimate of drug-likeness (QED) is 0.743. The second-order valence-electron chi connectivity index (χ2n) is 2.68. The van der Waals surface area contributed by atoms with E-state index in [2.05, 4.69) is 31.9 Å². The average Bonchev–Trinajstić information content (AvgIpc) is 2.14. The van der Waals surface area contributed by atoms with Crippen molar-refractivity contribution in [2.24, 2.45) is 0 Å². The van der Waals surface area contributed by atoms with Crippen molar-refractivity contribution in [3.05, 3.63) is 28.2 Å². The van der Waals surface area contributed by atoms with E-state index in [-0.39, 0.29) is 0 Å². The average molecular weight is 348 g/mol. The van der Waals surface area contributed by atoms with Crippen molar-refractivity contribution in [1.29, 1.82) is 0 Å². The minimum atomic E-state index is -4.32. The number of rotatable bonds is 3. The molecule has 15 heavy (non-hydrogen) atoms. The summed E-state index contributed by atoms with van der Waals surface area (Å²) in [5.41, 5.74) is -0.694. The maximum Gasteiger partial charge on any atom is 0.416 e. The van der Waals surface area contributed by atoms with E-state index in [1.54, 1.807) is 0 Å². The standard InChI is InChI=1S/C9H7Br2F3O/c10-3-4-15-8-2-1-6(5-7(8)11)9(12,13)14/h1-2,5H,3-4H2. The molecule has 1 nitrogen and oxygen atoms in total. The smallest absolute Gasteiger partial charge is 0.416 e. The molecule has 0 bridgehead atoms. The molecule has 0 aliphatic carbocycles. The van der Waals surface area contributed by atoms with Crippen LogP contribution in [-0.4, -0.2) is 11.9 Å². The van der Waals surface area contributed by atoms with Crippen molar-refractivity contribution < 1.29 is 17.9 Å². The lowest BCUT2D eigenvalue weighted by Crippen LogP contribution is -2.05. The molecule has 0 fully saturated rings. The van der Waals surface area contributed by atoms with Gasteiger partial charge in [-0.05, 0) is 34.1 Å². The minimum Gasteiger partial charge on any atom is -0.492 e. The Hall–Kier alpha value is -0.230. The molecule has 0 spiro atoms. The number of halogens is 5. The van der Waals surface area contributed by atoms with E-state index in [9.17, 15) is 13.2 Å². The third-order valence-corrected chi connectivity index (χ3v) is 2.54. The largest absolute Gasteiger partial charge is 0.492 e. The van der Waals surface area contributed by atoms with Crippen molar-refractivity contribution in [3.63, 3.8) is 0 Å². The molecule has 0 aliphatic rings. The molecule has 6 heteroatoms. The highest BCUT2D eigenvalue weighted by Gasteiger charge is 2.30. The first-order valence-corrected chi connectivity index (χ1v) is 5.92. The van der Waals surface area contributed by atoms with E-state index in [4.69, 9.17) is 4.74 Å². The maximum atomic E-state index is 12.3. The molecule has 1 aromatic rings. The first-order chi connectivity index (χ1) is 6.95. The molecule has 0 amide bonds. The Morgan fingerprint density at radius 3 is 2.40 bits per heavy atom. The van der Waals surface area contributed by atoms with E-state index in [0.717, 1.165) is 12.1 Å². The molecule has 0 saturated heterocycles. The Labute approximate surface area is 102 Å². The van der Waals surface area contributed by atoms with E-state index in [1.165, 1.54) is 6.07 Å². The molecule has 0 heterocycles. The summed E-state index contributed by atoms with van der Waals surface area (Å²) in [4.78, 5) is 0. The normalized spacial score (nSPS) is 11.5. The lowest BCUT2D eigenvalue weighted by atomic mass is 10.2. The highest BCUT2D eigenvalue weighted by molar-refractivity contribution is 9.10. The summed E-state index contributed by atoms with van der Waals surface area (Å²) in [5.74, 6) is 0.405. The molecule has 0 N–H and O–H groups in total.